The van der Waals surface area contributed by atoms with Gasteiger partial charge in [0.05, 0.1) is 17.0 Å². The summed E-state index contributed by atoms with van der Waals surface area (Å²) in [6.07, 6.45) is -0.725. The van der Waals surface area contributed by atoms with Gasteiger partial charge in [0.1, 0.15) is 0 Å². The van der Waals surface area contributed by atoms with Crippen molar-refractivity contribution in [3.8, 4) is 0 Å². The number of thiophene rings is 1. The zero-order chi connectivity index (χ0) is 13.8. The van der Waals surface area contributed by atoms with Gasteiger partial charge in [-0.1, -0.05) is 34.1 Å². The van der Waals surface area contributed by atoms with E-state index in [1.807, 2.05) is 35.7 Å². The standard InChI is InChI=1S/C14H14BrNO2S/c1-9(16-14(18)12-3-2-8-19-12)13(17)10-4-6-11(15)7-5-10/h2-9,13,17H,1H3,(H,16,18). The number of amides is 1. The molecule has 19 heavy (non-hydrogen) atoms. The summed E-state index contributed by atoms with van der Waals surface area (Å²) < 4.78 is 0.957. The van der Waals surface area contributed by atoms with Crippen molar-refractivity contribution in [2.45, 2.75) is 19.1 Å². The topological polar surface area (TPSA) is 49.3 Å². The molecule has 0 aliphatic heterocycles. The minimum atomic E-state index is -0.725. The lowest BCUT2D eigenvalue weighted by atomic mass is 10.0. The van der Waals surface area contributed by atoms with Crippen LogP contribution in [-0.4, -0.2) is 17.1 Å². The normalized spacial score (nSPS) is 13.8. The summed E-state index contributed by atoms with van der Waals surface area (Å²) >= 11 is 4.73. The summed E-state index contributed by atoms with van der Waals surface area (Å²) in [5.41, 5.74) is 0.780. The molecule has 0 radical (unpaired) electrons. The Morgan fingerprint density at radius 2 is 2.00 bits per heavy atom. The number of hydrogen-bond acceptors (Lipinski definition) is 3. The monoisotopic (exact) mass is 339 g/mol. The van der Waals surface area contributed by atoms with Crippen LogP contribution in [0.5, 0.6) is 0 Å². The number of halogens is 1. The number of carbonyl (C=O) groups is 1. The third kappa shape index (κ3) is 3.65. The predicted octanol–water partition coefficient (Wildman–Crippen LogP) is 3.36. The van der Waals surface area contributed by atoms with Gasteiger partial charge in [0.15, 0.2) is 0 Å². The highest BCUT2D eigenvalue weighted by molar-refractivity contribution is 9.10. The molecule has 0 aliphatic rings. The van der Waals surface area contributed by atoms with Crippen molar-refractivity contribution < 1.29 is 9.90 Å². The molecule has 2 rings (SSSR count). The van der Waals surface area contributed by atoms with Gasteiger partial charge in [-0.25, -0.2) is 0 Å². The number of benzene rings is 1. The molecule has 1 aromatic carbocycles. The zero-order valence-corrected chi connectivity index (χ0v) is 12.7. The van der Waals surface area contributed by atoms with Crippen molar-refractivity contribution in [2.75, 3.05) is 0 Å². The third-order valence-corrected chi connectivity index (χ3v) is 4.19. The van der Waals surface area contributed by atoms with Crippen molar-refractivity contribution in [1.82, 2.24) is 5.32 Å². The average molecular weight is 340 g/mol. The van der Waals surface area contributed by atoms with Crippen LogP contribution in [0.2, 0.25) is 0 Å². The molecule has 100 valence electrons. The lowest BCUT2D eigenvalue weighted by molar-refractivity contribution is 0.0856. The Kier molecular flexibility index (Phi) is 4.74. The SMILES string of the molecule is CC(NC(=O)c1cccs1)C(O)c1ccc(Br)cc1. The van der Waals surface area contributed by atoms with E-state index < -0.39 is 6.10 Å². The van der Waals surface area contributed by atoms with Gasteiger partial charge in [0.2, 0.25) is 0 Å². The number of nitrogens with one attached hydrogen (secondary N) is 1. The highest BCUT2D eigenvalue weighted by Gasteiger charge is 2.19. The fourth-order valence-electron chi connectivity index (χ4n) is 1.71. The van der Waals surface area contributed by atoms with E-state index in [1.165, 1.54) is 11.3 Å². The van der Waals surface area contributed by atoms with Crippen LogP contribution in [-0.2, 0) is 0 Å². The summed E-state index contributed by atoms with van der Waals surface area (Å²) in [5, 5.41) is 14.9. The molecule has 1 amide bonds. The molecule has 1 heterocycles. The quantitative estimate of drug-likeness (QED) is 0.897. The maximum Gasteiger partial charge on any atom is 0.261 e. The second-order valence-electron chi connectivity index (χ2n) is 4.24. The van der Waals surface area contributed by atoms with Gasteiger partial charge < -0.3 is 10.4 Å². The maximum absolute atomic E-state index is 11.9. The van der Waals surface area contributed by atoms with Crippen molar-refractivity contribution >= 4 is 33.2 Å². The minimum absolute atomic E-state index is 0.154. The van der Waals surface area contributed by atoms with E-state index in [0.717, 1.165) is 10.0 Å². The lowest BCUT2D eigenvalue weighted by Crippen LogP contribution is -2.36. The molecule has 0 bridgehead atoms. The van der Waals surface area contributed by atoms with Crippen molar-refractivity contribution in [1.29, 1.82) is 0 Å². The van der Waals surface area contributed by atoms with Crippen LogP contribution in [0.25, 0.3) is 0 Å². The summed E-state index contributed by atoms with van der Waals surface area (Å²) in [6.45, 7) is 1.79. The van der Waals surface area contributed by atoms with Crippen LogP contribution in [0.3, 0.4) is 0 Å². The van der Waals surface area contributed by atoms with Gasteiger partial charge in [-0.15, -0.1) is 11.3 Å². The molecule has 2 N–H and O–H groups in total. The van der Waals surface area contributed by atoms with Gasteiger partial charge in [-0.2, -0.15) is 0 Å². The Morgan fingerprint density at radius 1 is 1.32 bits per heavy atom. The van der Waals surface area contributed by atoms with Crippen molar-refractivity contribution in [2.24, 2.45) is 0 Å². The number of rotatable bonds is 4. The zero-order valence-electron chi connectivity index (χ0n) is 10.3. The van der Waals surface area contributed by atoms with Gasteiger partial charge in [0, 0.05) is 4.47 Å². The fraction of sp³-hybridized carbons (Fsp3) is 0.214. The molecular weight excluding hydrogens is 326 g/mol. The first-order valence-corrected chi connectivity index (χ1v) is 7.53. The molecule has 0 fully saturated rings. The summed E-state index contributed by atoms with van der Waals surface area (Å²) in [7, 11) is 0. The summed E-state index contributed by atoms with van der Waals surface area (Å²) in [6, 6.07) is 10.6. The molecular formula is C14H14BrNO2S. The molecule has 0 spiro atoms. The summed E-state index contributed by atoms with van der Waals surface area (Å²) in [4.78, 5) is 12.5. The molecule has 2 unspecified atom stereocenters. The van der Waals surface area contributed by atoms with E-state index in [4.69, 9.17) is 0 Å². The highest BCUT2D eigenvalue weighted by Crippen LogP contribution is 2.20. The second kappa shape index (κ2) is 6.32. The minimum Gasteiger partial charge on any atom is -0.386 e. The van der Waals surface area contributed by atoms with Crippen molar-refractivity contribution in [3.05, 3.63) is 56.7 Å². The van der Waals surface area contributed by atoms with Gasteiger partial charge >= 0.3 is 0 Å². The largest absolute Gasteiger partial charge is 0.386 e. The smallest absolute Gasteiger partial charge is 0.261 e. The Bertz CT molecular complexity index is 539. The Balaban J connectivity index is 2.01. The average Bonchev–Trinajstić information content (AvgIpc) is 2.92. The van der Waals surface area contributed by atoms with Gasteiger partial charge in [-0.05, 0) is 36.1 Å². The molecule has 0 saturated carbocycles. The number of aliphatic hydroxyl groups excluding tert-OH is 1. The van der Waals surface area contributed by atoms with Gasteiger partial charge in [0.25, 0.3) is 5.91 Å². The number of aliphatic hydroxyl groups is 1. The first kappa shape index (κ1) is 14.2. The number of carbonyl (C=O) groups excluding carboxylic acids is 1. The molecule has 5 heteroatoms. The van der Waals surface area contributed by atoms with Crippen LogP contribution >= 0.6 is 27.3 Å². The van der Waals surface area contributed by atoms with E-state index in [9.17, 15) is 9.90 Å². The first-order chi connectivity index (χ1) is 9.08. The van der Waals surface area contributed by atoms with Crippen LogP contribution < -0.4 is 5.32 Å². The molecule has 0 aliphatic carbocycles. The van der Waals surface area contributed by atoms with E-state index in [2.05, 4.69) is 21.2 Å². The molecule has 2 aromatic rings. The van der Waals surface area contributed by atoms with Crippen LogP contribution in [0.15, 0.2) is 46.3 Å². The Hall–Kier alpha value is -1.17. The van der Waals surface area contributed by atoms with Crippen LogP contribution in [0, 0.1) is 0 Å². The highest BCUT2D eigenvalue weighted by atomic mass is 79.9. The molecule has 3 nitrogen and oxygen atoms in total. The van der Waals surface area contributed by atoms with Crippen LogP contribution in [0.4, 0.5) is 0 Å². The number of hydrogen-bond donors (Lipinski definition) is 2. The molecule has 0 saturated heterocycles. The predicted molar refractivity (Wildman–Crippen MR) is 80.3 cm³/mol. The van der Waals surface area contributed by atoms with Crippen LogP contribution in [0.1, 0.15) is 28.3 Å². The lowest BCUT2D eigenvalue weighted by Gasteiger charge is -2.20. The van der Waals surface area contributed by atoms with E-state index in [-0.39, 0.29) is 11.9 Å². The van der Waals surface area contributed by atoms with E-state index in [1.54, 1.807) is 13.0 Å². The van der Waals surface area contributed by atoms with E-state index >= 15 is 0 Å². The second-order valence-corrected chi connectivity index (χ2v) is 6.10. The third-order valence-electron chi connectivity index (χ3n) is 2.79. The maximum atomic E-state index is 11.9. The molecule has 1 aromatic heterocycles. The first-order valence-electron chi connectivity index (χ1n) is 5.86. The van der Waals surface area contributed by atoms with Gasteiger partial charge in [-0.3, -0.25) is 4.79 Å². The molecule has 2 atom stereocenters. The Morgan fingerprint density at radius 3 is 2.58 bits per heavy atom. The van der Waals surface area contributed by atoms with E-state index in [0.29, 0.717) is 4.88 Å². The fourth-order valence-corrected chi connectivity index (χ4v) is 2.60. The Labute approximate surface area is 124 Å². The van der Waals surface area contributed by atoms with Crippen molar-refractivity contribution in [3.63, 3.8) is 0 Å². The summed E-state index contributed by atoms with van der Waals surface area (Å²) in [5.74, 6) is -0.154.